The number of nitrogens with one attached hydrogen (secondary N) is 1. The van der Waals surface area contributed by atoms with E-state index in [1.165, 1.54) is 4.31 Å². The predicted molar refractivity (Wildman–Crippen MR) is 130 cm³/mol. The van der Waals surface area contributed by atoms with Gasteiger partial charge in [0.15, 0.2) is 0 Å². The number of anilines is 1. The predicted octanol–water partition coefficient (Wildman–Crippen LogP) is 4.90. The van der Waals surface area contributed by atoms with Crippen molar-refractivity contribution in [1.82, 2.24) is 4.31 Å². The lowest BCUT2D eigenvalue weighted by molar-refractivity contribution is -0.120. The molecule has 0 aromatic heterocycles. The van der Waals surface area contributed by atoms with Crippen LogP contribution in [0.25, 0.3) is 10.8 Å². The van der Waals surface area contributed by atoms with Crippen LogP contribution in [-0.2, 0) is 27.8 Å². The van der Waals surface area contributed by atoms with E-state index >= 15 is 0 Å². The summed E-state index contributed by atoms with van der Waals surface area (Å²) in [4.78, 5) is 13.6. The summed E-state index contributed by atoms with van der Waals surface area (Å²) in [6, 6.07) is 27.1. The smallest absolute Gasteiger partial charge is 0.244 e. The Hall–Kier alpha value is -3.48. The molecule has 1 aliphatic heterocycles. The van der Waals surface area contributed by atoms with Crippen molar-refractivity contribution >= 4 is 32.4 Å². The molecule has 1 amide bonds. The Morgan fingerprint density at radius 1 is 0.848 bits per heavy atom. The van der Waals surface area contributed by atoms with E-state index in [1.54, 1.807) is 12.1 Å². The van der Waals surface area contributed by atoms with Crippen LogP contribution in [0.1, 0.15) is 16.7 Å². The molecule has 1 N–H and O–H groups in total. The lowest BCUT2D eigenvalue weighted by Gasteiger charge is -2.35. The second kappa shape index (κ2) is 8.46. The molecule has 1 heterocycles. The standard InChI is InChI=1S/C27H24N2O3S/c1-19-7-6-12-24(15-19)28-27(30)26-17-22-10-4-5-11-23(22)18-29(26)33(31,32)25-14-13-20-8-2-3-9-21(20)16-25/h2-16,26H,17-18H2,1H3,(H,28,30). The van der Waals surface area contributed by atoms with E-state index in [1.807, 2.05) is 85.8 Å². The van der Waals surface area contributed by atoms with Crippen molar-refractivity contribution in [3.05, 3.63) is 108 Å². The van der Waals surface area contributed by atoms with Crippen molar-refractivity contribution in [2.45, 2.75) is 30.8 Å². The molecule has 4 aromatic rings. The Morgan fingerprint density at radius 3 is 2.36 bits per heavy atom. The number of aryl methyl sites for hydroxylation is 1. The molecule has 0 fully saturated rings. The molecule has 0 saturated heterocycles. The summed E-state index contributed by atoms with van der Waals surface area (Å²) in [6.45, 7) is 2.10. The molecule has 0 spiro atoms. The fourth-order valence-corrected chi connectivity index (χ4v) is 5.99. The molecule has 1 atom stereocenters. The molecule has 0 radical (unpaired) electrons. The van der Waals surface area contributed by atoms with E-state index in [0.717, 1.165) is 27.5 Å². The van der Waals surface area contributed by atoms with Gasteiger partial charge in [-0.25, -0.2) is 8.42 Å². The fourth-order valence-electron chi connectivity index (χ4n) is 4.39. The van der Waals surface area contributed by atoms with Crippen LogP contribution in [0.3, 0.4) is 0 Å². The van der Waals surface area contributed by atoms with Crippen LogP contribution in [0, 0.1) is 6.92 Å². The minimum absolute atomic E-state index is 0.150. The molecule has 166 valence electrons. The van der Waals surface area contributed by atoms with E-state index in [9.17, 15) is 13.2 Å². The Balaban J connectivity index is 1.54. The maximum atomic E-state index is 13.8. The molecule has 33 heavy (non-hydrogen) atoms. The van der Waals surface area contributed by atoms with Gasteiger partial charge in [0.05, 0.1) is 4.90 Å². The Bertz CT molecular complexity index is 1460. The first-order chi connectivity index (χ1) is 15.9. The van der Waals surface area contributed by atoms with Gasteiger partial charge < -0.3 is 5.32 Å². The maximum Gasteiger partial charge on any atom is 0.244 e. The van der Waals surface area contributed by atoms with Crippen molar-refractivity contribution in [1.29, 1.82) is 0 Å². The van der Waals surface area contributed by atoms with Crippen LogP contribution < -0.4 is 5.32 Å². The number of rotatable bonds is 4. The highest BCUT2D eigenvalue weighted by molar-refractivity contribution is 7.89. The zero-order chi connectivity index (χ0) is 23.0. The van der Waals surface area contributed by atoms with Crippen molar-refractivity contribution in [3.8, 4) is 0 Å². The Morgan fingerprint density at radius 2 is 1.58 bits per heavy atom. The van der Waals surface area contributed by atoms with Crippen LogP contribution in [0.15, 0.2) is 95.9 Å². The van der Waals surface area contributed by atoms with E-state index in [2.05, 4.69) is 5.32 Å². The van der Waals surface area contributed by atoms with Crippen LogP contribution in [0.4, 0.5) is 5.69 Å². The molecule has 0 saturated carbocycles. The van der Waals surface area contributed by atoms with Gasteiger partial charge in [0, 0.05) is 12.2 Å². The van der Waals surface area contributed by atoms with E-state index in [4.69, 9.17) is 0 Å². The maximum absolute atomic E-state index is 13.8. The normalized spacial score (nSPS) is 16.3. The number of fused-ring (bicyclic) bond motifs is 2. The minimum Gasteiger partial charge on any atom is -0.325 e. The first-order valence-corrected chi connectivity index (χ1v) is 12.3. The number of carbonyl (C=O) groups excluding carboxylic acids is 1. The van der Waals surface area contributed by atoms with Gasteiger partial charge in [-0.05, 0) is 65.1 Å². The molecule has 4 aromatic carbocycles. The van der Waals surface area contributed by atoms with Gasteiger partial charge in [0.1, 0.15) is 6.04 Å². The molecule has 0 bridgehead atoms. The number of hydrogen-bond donors (Lipinski definition) is 1. The summed E-state index contributed by atoms with van der Waals surface area (Å²) in [5, 5.41) is 4.73. The largest absolute Gasteiger partial charge is 0.325 e. The highest BCUT2D eigenvalue weighted by Crippen LogP contribution is 2.31. The Kier molecular flexibility index (Phi) is 5.48. The highest BCUT2D eigenvalue weighted by Gasteiger charge is 2.39. The summed E-state index contributed by atoms with van der Waals surface area (Å²) < 4.78 is 29.0. The van der Waals surface area contributed by atoms with Crippen molar-refractivity contribution in [3.63, 3.8) is 0 Å². The average Bonchev–Trinajstić information content (AvgIpc) is 2.83. The van der Waals surface area contributed by atoms with Crippen molar-refractivity contribution in [2.24, 2.45) is 0 Å². The number of carbonyl (C=O) groups is 1. The number of sulfonamides is 1. The van der Waals surface area contributed by atoms with E-state index < -0.39 is 16.1 Å². The van der Waals surface area contributed by atoms with Gasteiger partial charge in [-0.3, -0.25) is 4.79 Å². The summed E-state index contributed by atoms with van der Waals surface area (Å²) in [5.74, 6) is -0.334. The first-order valence-electron chi connectivity index (χ1n) is 10.9. The Labute approximate surface area is 193 Å². The minimum atomic E-state index is -3.92. The van der Waals surface area contributed by atoms with E-state index in [-0.39, 0.29) is 17.3 Å². The molecule has 5 rings (SSSR count). The third-order valence-corrected chi connectivity index (χ3v) is 7.97. The summed E-state index contributed by atoms with van der Waals surface area (Å²) in [7, 11) is -3.92. The average molecular weight is 457 g/mol. The van der Waals surface area contributed by atoms with Crippen LogP contribution in [-0.4, -0.2) is 24.7 Å². The van der Waals surface area contributed by atoms with Gasteiger partial charge >= 0.3 is 0 Å². The number of benzene rings is 4. The van der Waals surface area contributed by atoms with Gasteiger partial charge in [0.25, 0.3) is 0 Å². The zero-order valence-corrected chi connectivity index (χ0v) is 19.0. The van der Waals surface area contributed by atoms with Gasteiger partial charge in [-0.2, -0.15) is 4.31 Å². The molecule has 1 unspecified atom stereocenters. The molecule has 1 aliphatic rings. The molecular weight excluding hydrogens is 432 g/mol. The van der Waals surface area contributed by atoms with Gasteiger partial charge in [-0.15, -0.1) is 0 Å². The van der Waals surface area contributed by atoms with Gasteiger partial charge in [0.2, 0.25) is 15.9 Å². The number of amides is 1. The SMILES string of the molecule is Cc1cccc(NC(=O)C2Cc3ccccc3CN2S(=O)(=O)c2ccc3ccccc3c2)c1. The summed E-state index contributed by atoms with van der Waals surface area (Å²) in [5.41, 5.74) is 3.58. The second-order valence-electron chi connectivity index (χ2n) is 8.41. The van der Waals surface area contributed by atoms with Crippen LogP contribution in [0.2, 0.25) is 0 Å². The lowest BCUT2D eigenvalue weighted by atomic mass is 9.95. The van der Waals surface area contributed by atoms with Crippen molar-refractivity contribution < 1.29 is 13.2 Å². The van der Waals surface area contributed by atoms with Gasteiger partial charge in [-0.1, -0.05) is 66.7 Å². The van der Waals surface area contributed by atoms with Crippen LogP contribution in [0.5, 0.6) is 0 Å². The molecule has 6 heteroatoms. The van der Waals surface area contributed by atoms with Crippen LogP contribution >= 0.6 is 0 Å². The quantitative estimate of drug-likeness (QED) is 0.475. The molecular formula is C27H24N2O3S. The third kappa shape index (κ3) is 4.15. The second-order valence-corrected chi connectivity index (χ2v) is 10.3. The summed E-state index contributed by atoms with van der Waals surface area (Å²) >= 11 is 0. The third-order valence-electron chi connectivity index (χ3n) is 6.12. The monoisotopic (exact) mass is 456 g/mol. The molecule has 0 aliphatic carbocycles. The topological polar surface area (TPSA) is 66.5 Å². The number of nitrogens with zero attached hydrogens (tertiary/aromatic N) is 1. The molecule has 5 nitrogen and oxygen atoms in total. The van der Waals surface area contributed by atoms with Crippen molar-refractivity contribution in [2.75, 3.05) is 5.32 Å². The fraction of sp³-hybridized carbons (Fsp3) is 0.148. The lowest BCUT2D eigenvalue weighted by Crippen LogP contribution is -2.50. The number of hydrogen-bond acceptors (Lipinski definition) is 3. The zero-order valence-electron chi connectivity index (χ0n) is 18.2. The summed E-state index contributed by atoms with van der Waals surface area (Å²) in [6.07, 6.45) is 0.320. The highest BCUT2D eigenvalue weighted by atomic mass is 32.2. The first kappa shape index (κ1) is 21.4. The van der Waals surface area contributed by atoms with E-state index in [0.29, 0.717) is 12.1 Å².